The van der Waals surface area contributed by atoms with E-state index in [2.05, 4.69) is 0 Å². The first-order valence-electron chi connectivity index (χ1n) is 8.70. The molecule has 0 aliphatic heterocycles. The van der Waals surface area contributed by atoms with E-state index < -0.39 is 17.7 Å². The number of methoxy groups -OCH3 is 1. The summed E-state index contributed by atoms with van der Waals surface area (Å²) in [5.41, 5.74) is 0.664. The maximum atomic E-state index is 12.9. The van der Waals surface area contributed by atoms with Crippen LogP contribution in [-0.2, 0) is 17.4 Å². The first-order chi connectivity index (χ1) is 14.2. The lowest BCUT2D eigenvalue weighted by Gasteiger charge is -2.13. The number of alkyl halides is 3. The van der Waals surface area contributed by atoms with Crippen LogP contribution >= 0.6 is 11.6 Å². The van der Waals surface area contributed by atoms with Crippen LogP contribution in [0.1, 0.15) is 11.1 Å². The van der Waals surface area contributed by atoms with Crippen molar-refractivity contribution in [1.82, 2.24) is 0 Å². The first kappa shape index (κ1) is 21.5. The van der Waals surface area contributed by atoms with Gasteiger partial charge in [-0.25, -0.2) is 0 Å². The molecule has 0 bridgehead atoms. The third kappa shape index (κ3) is 5.24. The van der Waals surface area contributed by atoms with Crippen molar-refractivity contribution >= 4 is 17.6 Å². The van der Waals surface area contributed by atoms with Gasteiger partial charge in [0.15, 0.2) is 0 Å². The molecule has 0 spiro atoms. The van der Waals surface area contributed by atoms with Gasteiger partial charge in [0.2, 0.25) is 0 Å². The third-order valence-corrected chi connectivity index (χ3v) is 4.52. The van der Waals surface area contributed by atoms with Crippen LogP contribution in [0.4, 0.5) is 13.2 Å². The largest absolute Gasteiger partial charge is 0.497 e. The molecule has 0 radical (unpaired) electrons. The second-order valence-corrected chi connectivity index (χ2v) is 6.82. The number of ether oxygens (including phenoxy) is 2. The first-order valence-corrected chi connectivity index (χ1v) is 9.08. The van der Waals surface area contributed by atoms with Crippen LogP contribution in [0.15, 0.2) is 60.7 Å². The fraction of sp³-hybridized carbons (Fsp3) is 0.136. The molecule has 0 aliphatic rings. The summed E-state index contributed by atoms with van der Waals surface area (Å²) in [6, 6.07) is 14.6. The SMILES string of the molecule is COc1cc(CC(=O)O)cc(Oc2cccc(-c3ccc(C(F)(F)F)cc3Cl)c2)c1. The highest BCUT2D eigenvalue weighted by molar-refractivity contribution is 6.33. The highest BCUT2D eigenvalue weighted by Gasteiger charge is 2.31. The van der Waals surface area contributed by atoms with Crippen LogP contribution in [0.2, 0.25) is 5.02 Å². The predicted octanol–water partition coefficient (Wildman–Crippen LogP) is 6.45. The monoisotopic (exact) mass is 436 g/mol. The molecule has 3 rings (SSSR count). The Kier molecular flexibility index (Phi) is 6.22. The number of hydrogen-bond acceptors (Lipinski definition) is 3. The smallest absolute Gasteiger partial charge is 0.416 e. The average Bonchev–Trinajstić information content (AvgIpc) is 2.66. The molecule has 1 N–H and O–H groups in total. The molecule has 0 unspecified atom stereocenters. The van der Waals surface area contributed by atoms with E-state index in [9.17, 15) is 18.0 Å². The third-order valence-electron chi connectivity index (χ3n) is 4.21. The van der Waals surface area contributed by atoms with Crippen molar-refractivity contribution in [2.75, 3.05) is 7.11 Å². The number of aliphatic carboxylic acids is 1. The van der Waals surface area contributed by atoms with Crippen molar-refractivity contribution < 1.29 is 32.5 Å². The second-order valence-electron chi connectivity index (χ2n) is 6.41. The van der Waals surface area contributed by atoms with Gasteiger partial charge in [-0.3, -0.25) is 4.79 Å². The fourth-order valence-corrected chi connectivity index (χ4v) is 3.16. The molecule has 0 fully saturated rings. The lowest BCUT2D eigenvalue weighted by atomic mass is 10.0. The van der Waals surface area contributed by atoms with E-state index in [1.807, 2.05) is 0 Å². The molecule has 0 saturated heterocycles. The lowest BCUT2D eigenvalue weighted by molar-refractivity contribution is -0.138. The van der Waals surface area contributed by atoms with Gasteiger partial charge < -0.3 is 14.6 Å². The number of rotatable bonds is 6. The summed E-state index contributed by atoms with van der Waals surface area (Å²) in [6.07, 6.45) is -4.68. The maximum Gasteiger partial charge on any atom is 0.416 e. The van der Waals surface area contributed by atoms with Gasteiger partial charge in [0, 0.05) is 16.7 Å². The van der Waals surface area contributed by atoms with Gasteiger partial charge in [-0.1, -0.05) is 29.8 Å². The molecule has 3 aromatic carbocycles. The van der Waals surface area contributed by atoms with E-state index in [0.29, 0.717) is 33.9 Å². The van der Waals surface area contributed by atoms with Crippen molar-refractivity contribution in [3.8, 4) is 28.4 Å². The van der Waals surface area contributed by atoms with Crippen molar-refractivity contribution in [3.63, 3.8) is 0 Å². The van der Waals surface area contributed by atoms with E-state index in [4.69, 9.17) is 26.2 Å². The Morgan fingerprint density at radius 3 is 2.37 bits per heavy atom. The number of benzene rings is 3. The molecular formula is C22H16ClF3O4. The lowest BCUT2D eigenvalue weighted by Crippen LogP contribution is -2.04. The van der Waals surface area contributed by atoms with Gasteiger partial charge in [-0.05, 0) is 47.5 Å². The van der Waals surface area contributed by atoms with Crippen LogP contribution in [0.5, 0.6) is 17.2 Å². The van der Waals surface area contributed by atoms with E-state index in [1.54, 1.807) is 42.5 Å². The summed E-state index contributed by atoms with van der Waals surface area (Å²) in [5, 5.41) is 8.97. The zero-order chi connectivity index (χ0) is 21.9. The topological polar surface area (TPSA) is 55.8 Å². The molecule has 0 amide bonds. The minimum atomic E-state index is -4.48. The van der Waals surface area contributed by atoms with Gasteiger partial charge in [-0.2, -0.15) is 13.2 Å². The van der Waals surface area contributed by atoms with Gasteiger partial charge in [0.25, 0.3) is 0 Å². The molecular weight excluding hydrogens is 421 g/mol. The average molecular weight is 437 g/mol. The Labute approximate surface area is 175 Å². The number of carbonyl (C=O) groups is 1. The number of hydrogen-bond donors (Lipinski definition) is 1. The standard InChI is InChI=1S/C22H16ClF3O4/c1-29-17-7-13(9-21(27)28)8-18(12-17)30-16-4-2-3-14(10-16)19-6-5-15(11-20(19)23)22(24,25)26/h2-8,10-12H,9H2,1H3,(H,27,28). The Morgan fingerprint density at radius 1 is 1.00 bits per heavy atom. The zero-order valence-corrected chi connectivity index (χ0v) is 16.4. The highest BCUT2D eigenvalue weighted by atomic mass is 35.5. The van der Waals surface area contributed by atoms with Crippen molar-refractivity contribution in [2.24, 2.45) is 0 Å². The maximum absolute atomic E-state index is 12.9. The predicted molar refractivity (Wildman–Crippen MR) is 106 cm³/mol. The van der Waals surface area contributed by atoms with E-state index in [-0.39, 0.29) is 11.4 Å². The van der Waals surface area contributed by atoms with Crippen molar-refractivity contribution in [2.45, 2.75) is 12.6 Å². The van der Waals surface area contributed by atoms with E-state index in [0.717, 1.165) is 12.1 Å². The number of carboxylic acid groups (broad SMARTS) is 1. The molecule has 0 atom stereocenters. The summed E-state index contributed by atoms with van der Waals surface area (Å²) >= 11 is 6.08. The Morgan fingerprint density at radius 2 is 1.73 bits per heavy atom. The Balaban J connectivity index is 1.91. The second kappa shape index (κ2) is 8.67. The molecule has 0 aliphatic carbocycles. The van der Waals surface area contributed by atoms with Crippen molar-refractivity contribution in [1.29, 1.82) is 0 Å². The molecule has 30 heavy (non-hydrogen) atoms. The van der Waals surface area contributed by atoms with E-state index >= 15 is 0 Å². The normalized spacial score (nSPS) is 11.2. The summed E-state index contributed by atoms with van der Waals surface area (Å²) in [4.78, 5) is 11.0. The summed E-state index contributed by atoms with van der Waals surface area (Å²) in [7, 11) is 1.46. The quantitative estimate of drug-likeness (QED) is 0.482. The van der Waals surface area contributed by atoms with Crippen LogP contribution in [0.25, 0.3) is 11.1 Å². The molecule has 156 valence electrons. The number of carboxylic acids is 1. The van der Waals surface area contributed by atoms with Crippen LogP contribution in [0, 0.1) is 0 Å². The number of halogens is 4. The molecule has 8 heteroatoms. The molecule has 4 nitrogen and oxygen atoms in total. The molecule has 0 saturated carbocycles. The highest BCUT2D eigenvalue weighted by Crippen LogP contribution is 2.37. The molecule has 0 heterocycles. The van der Waals surface area contributed by atoms with Crippen LogP contribution in [0.3, 0.4) is 0 Å². The zero-order valence-electron chi connectivity index (χ0n) is 15.7. The Bertz CT molecular complexity index is 1080. The van der Waals surface area contributed by atoms with E-state index in [1.165, 1.54) is 13.2 Å². The van der Waals surface area contributed by atoms with Gasteiger partial charge in [-0.15, -0.1) is 0 Å². The summed E-state index contributed by atoms with van der Waals surface area (Å²) in [6.45, 7) is 0. The Hall–Kier alpha value is -3.19. The van der Waals surface area contributed by atoms with Crippen LogP contribution in [-0.4, -0.2) is 18.2 Å². The molecule has 0 aromatic heterocycles. The minimum absolute atomic E-state index is 0.0351. The van der Waals surface area contributed by atoms with Gasteiger partial charge in [0.05, 0.1) is 19.1 Å². The van der Waals surface area contributed by atoms with Gasteiger partial charge in [0.1, 0.15) is 17.2 Å². The van der Waals surface area contributed by atoms with Gasteiger partial charge >= 0.3 is 12.1 Å². The van der Waals surface area contributed by atoms with Crippen molar-refractivity contribution in [3.05, 3.63) is 76.8 Å². The fourth-order valence-electron chi connectivity index (χ4n) is 2.87. The minimum Gasteiger partial charge on any atom is -0.497 e. The molecule has 3 aromatic rings. The summed E-state index contributed by atoms with van der Waals surface area (Å²) in [5.74, 6) is 0.207. The van der Waals surface area contributed by atoms with Crippen LogP contribution < -0.4 is 9.47 Å². The summed E-state index contributed by atoms with van der Waals surface area (Å²) < 4.78 is 49.6.